The standard InChI is InChI=1S/C17H27NO3/c1-16(2)12-4-7-17(16,3)14(10-12)21-11-15(20)18-8-5-13(19)6-9-18/h12,14H,4-11H2,1-3H3. The molecule has 3 aliphatic rings. The second kappa shape index (κ2) is 5.08. The third-order valence-corrected chi connectivity index (χ3v) is 6.80. The zero-order chi connectivity index (χ0) is 15.3. The molecule has 0 N–H and O–H groups in total. The molecule has 0 aromatic heterocycles. The molecule has 2 saturated carbocycles. The Kier molecular flexibility index (Phi) is 3.63. The van der Waals surface area contributed by atoms with Crippen molar-refractivity contribution >= 4 is 11.7 Å². The summed E-state index contributed by atoms with van der Waals surface area (Å²) in [5.41, 5.74) is 0.522. The van der Waals surface area contributed by atoms with Crippen molar-refractivity contribution in [3.05, 3.63) is 0 Å². The van der Waals surface area contributed by atoms with Crippen LogP contribution in [0.2, 0.25) is 0 Å². The Hall–Kier alpha value is -0.900. The monoisotopic (exact) mass is 293 g/mol. The topological polar surface area (TPSA) is 46.6 Å². The molecule has 21 heavy (non-hydrogen) atoms. The molecule has 0 spiro atoms. The largest absolute Gasteiger partial charge is 0.368 e. The van der Waals surface area contributed by atoms with Crippen LogP contribution in [0.3, 0.4) is 0 Å². The fraction of sp³-hybridized carbons (Fsp3) is 0.882. The molecule has 1 heterocycles. The summed E-state index contributed by atoms with van der Waals surface area (Å²) in [4.78, 5) is 25.2. The Balaban J connectivity index is 1.54. The van der Waals surface area contributed by atoms with E-state index in [2.05, 4.69) is 20.8 Å². The first kappa shape index (κ1) is 15.0. The van der Waals surface area contributed by atoms with Gasteiger partial charge in [-0.3, -0.25) is 9.59 Å². The highest BCUT2D eigenvalue weighted by atomic mass is 16.5. The maximum atomic E-state index is 12.2. The molecular formula is C17H27NO3. The number of carbonyl (C=O) groups is 2. The number of fused-ring (bicyclic) bond motifs is 2. The van der Waals surface area contributed by atoms with E-state index in [1.807, 2.05) is 0 Å². The molecular weight excluding hydrogens is 266 g/mol. The Bertz CT molecular complexity index is 449. The van der Waals surface area contributed by atoms with Crippen LogP contribution >= 0.6 is 0 Å². The van der Waals surface area contributed by atoms with E-state index >= 15 is 0 Å². The van der Waals surface area contributed by atoms with Gasteiger partial charge in [-0.05, 0) is 36.0 Å². The summed E-state index contributed by atoms with van der Waals surface area (Å²) in [5.74, 6) is 1.05. The van der Waals surface area contributed by atoms with Crippen molar-refractivity contribution in [3.63, 3.8) is 0 Å². The average Bonchev–Trinajstić information content (AvgIpc) is 2.78. The van der Waals surface area contributed by atoms with Gasteiger partial charge in [0.05, 0.1) is 6.10 Å². The second-order valence-electron chi connectivity index (χ2n) is 7.83. The molecule has 4 nitrogen and oxygen atoms in total. The number of piperidine rings is 1. The predicted molar refractivity (Wildman–Crippen MR) is 79.8 cm³/mol. The van der Waals surface area contributed by atoms with Crippen molar-refractivity contribution in [1.29, 1.82) is 0 Å². The van der Waals surface area contributed by atoms with Gasteiger partial charge in [0.2, 0.25) is 5.91 Å². The number of Topliss-reactive ketones (excluding diaryl/α,β-unsaturated/α-hetero) is 1. The van der Waals surface area contributed by atoms with Crippen LogP contribution in [-0.2, 0) is 14.3 Å². The normalized spacial score (nSPS) is 38.0. The smallest absolute Gasteiger partial charge is 0.248 e. The van der Waals surface area contributed by atoms with Crippen LogP contribution in [-0.4, -0.2) is 42.4 Å². The Morgan fingerprint density at radius 3 is 2.48 bits per heavy atom. The molecule has 118 valence electrons. The summed E-state index contributed by atoms with van der Waals surface area (Å²) < 4.78 is 6.04. The van der Waals surface area contributed by atoms with Crippen molar-refractivity contribution in [3.8, 4) is 0 Å². The van der Waals surface area contributed by atoms with E-state index in [0.29, 0.717) is 31.3 Å². The fourth-order valence-corrected chi connectivity index (χ4v) is 4.65. The van der Waals surface area contributed by atoms with Crippen molar-refractivity contribution in [2.45, 2.75) is 59.0 Å². The zero-order valence-corrected chi connectivity index (χ0v) is 13.5. The summed E-state index contributed by atoms with van der Waals surface area (Å²) in [5, 5.41) is 0. The van der Waals surface area contributed by atoms with Crippen LogP contribution in [0, 0.1) is 16.7 Å². The number of hydrogen-bond donors (Lipinski definition) is 0. The summed E-state index contributed by atoms with van der Waals surface area (Å²) in [6.07, 6.45) is 4.81. The van der Waals surface area contributed by atoms with Crippen LogP contribution in [0.4, 0.5) is 0 Å². The lowest BCUT2D eigenvalue weighted by molar-refractivity contribution is -0.144. The quantitative estimate of drug-likeness (QED) is 0.803. The SMILES string of the molecule is CC1(C)C2CCC1(C)C(OCC(=O)N1CCC(=O)CC1)C2. The molecule has 1 aliphatic heterocycles. The van der Waals surface area contributed by atoms with E-state index in [9.17, 15) is 9.59 Å². The van der Waals surface area contributed by atoms with Gasteiger partial charge in [-0.25, -0.2) is 0 Å². The van der Waals surface area contributed by atoms with Crippen LogP contribution in [0.15, 0.2) is 0 Å². The third-order valence-electron chi connectivity index (χ3n) is 6.80. The van der Waals surface area contributed by atoms with E-state index in [0.717, 1.165) is 12.3 Å². The maximum Gasteiger partial charge on any atom is 0.248 e. The van der Waals surface area contributed by atoms with Crippen LogP contribution in [0.25, 0.3) is 0 Å². The molecule has 1 amide bonds. The highest BCUT2D eigenvalue weighted by Crippen LogP contribution is 2.66. The van der Waals surface area contributed by atoms with E-state index in [1.54, 1.807) is 4.90 Å². The van der Waals surface area contributed by atoms with Gasteiger partial charge in [-0.1, -0.05) is 20.8 Å². The minimum Gasteiger partial charge on any atom is -0.368 e. The summed E-state index contributed by atoms with van der Waals surface area (Å²) in [7, 11) is 0. The number of nitrogens with zero attached hydrogens (tertiary/aromatic N) is 1. The highest BCUT2D eigenvalue weighted by Gasteiger charge is 2.61. The molecule has 4 heteroatoms. The fourth-order valence-electron chi connectivity index (χ4n) is 4.65. The van der Waals surface area contributed by atoms with Crippen LogP contribution < -0.4 is 0 Å². The summed E-state index contributed by atoms with van der Waals surface area (Å²) in [6, 6.07) is 0. The van der Waals surface area contributed by atoms with Crippen LogP contribution in [0.5, 0.6) is 0 Å². The predicted octanol–water partition coefficient (Wildman–Crippen LogP) is 2.41. The number of ether oxygens (including phenoxy) is 1. The molecule has 0 radical (unpaired) electrons. The lowest BCUT2D eigenvalue weighted by atomic mass is 9.70. The number of hydrogen-bond acceptors (Lipinski definition) is 3. The van der Waals surface area contributed by atoms with Gasteiger partial charge in [0.1, 0.15) is 12.4 Å². The van der Waals surface area contributed by atoms with Gasteiger partial charge in [0.25, 0.3) is 0 Å². The Morgan fingerprint density at radius 1 is 1.29 bits per heavy atom. The lowest BCUT2D eigenvalue weighted by Crippen LogP contribution is -2.43. The van der Waals surface area contributed by atoms with Crippen LogP contribution in [0.1, 0.15) is 52.9 Å². The van der Waals surface area contributed by atoms with Gasteiger partial charge in [-0.15, -0.1) is 0 Å². The molecule has 3 rings (SSSR count). The van der Waals surface area contributed by atoms with Gasteiger partial charge >= 0.3 is 0 Å². The first-order chi connectivity index (χ1) is 9.84. The zero-order valence-electron chi connectivity index (χ0n) is 13.5. The number of likely N-dealkylation sites (tertiary alicyclic amines) is 1. The third kappa shape index (κ3) is 2.32. The van der Waals surface area contributed by atoms with Crippen molar-refractivity contribution in [1.82, 2.24) is 4.90 Å². The lowest BCUT2D eigenvalue weighted by Gasteiger charge is -2.39. The van der Waals surface area contributed by atoms with Gasteiger partial charge < -0.3 is 9.64 Å². The van der Waals surface area contributed by atoms with Gasteiger partial charge in [0, 0.05) is 25.9 Å². The van der Waals surface area contributed by atoms with Crippen molar-refractivity contribution in [2.24, 2.45) is 16.7 Å². The molecule has 3 atom stereocenters. The first-order valence-corrected chi connectivity index (χ1v) is 8.25. The number of carbonyl (C=O) groups excluding carboxylic acids is 2. The number of amides is 1. The summed E-state index contributed by atoms with van der Waals surface area (Å²) >= 11 is 0. The molecule has 2 aliphatic carbocycles. The van der Waals surface area contributed by atoms with E-state index in [-0.39, 0.29) is 29.8 Å². The Morgan fingerprint density at radius 2 is 1.95 bits per heavy atom. The molecule has 0 aromatic carbocycles. The minimum absolute atomic E-state index is 0.0479. The summed E-state index contributed by atoms with van der Waals surface area (Å²) in [6.45, 7) is 8.35. The average molecular weight is 293 g/mol. The first-order valence-electron chi connectivity index (χ1n) is 8.25. The number of ketones is 1. The van der Waals surface area contributed by atoms with E-state index in [4.69, 9.17) is 4.74 Å². The molecule has 3 unspecified atom stereocenters. The minimum atomic E-state index is 0.0479. The van der Waals surface area contributed by atoms with Gasteiger partial charge in [0.15, 0.2) is 0 Å². The number of rotatable bonds is 3. The van der Waals surface area contributed by atoms with Crippen molar-refractivity contribution in [2.75, 3.05) is 19.7 Å². The molecule has 0 aromatic rings. The molecule has 1 saturated heterocycles. The molecule has 2 bridgehead atoms. The Labute approximate surface area is 127 Å². The van der Waals surface area contributed by atoms with Gasteiger partial charge in [-0.2, -0.15) is 0 Å². The molecule has 3 fully saturated rings. The maximum absolute atomic E-state index is 12.2. The second-order valence-corrected chi connectivity index (χ2v) is 7.83. The van der Waals surface area contributed by atoms with E-state index < -0.39 is 0 Å². The van der Waals surface area contributed by atoms with E-state index in [1.165, 1.54) is 12.8 Å². The highest BCUT2D eigenvalue weighted by molar-refractivity contribution is 5.83. The van der Waals surface area contributed by atoms with Crippen molar-refractivity contribution < 1.29 is 14.3 Å².